The zero-order valence-corrected chi connectivity index (χ0v) is 19.0. The first kappa shape index (κ1) is 21.1. The molecule has 0 radical (unpaired) electrons. The topological polar surface area (TPSA) is 26.3 Å². The van der Waals surface area contributed by atoms with Crippen LogP contribution in [0, 0.1) is 21.3 Å². The molecule has 0 bridgehead atoms. The fraction of sp³-hybridized carbons (Fsp3) is 0.708. The normalized spacial score (nSPS) is 28.7. The summed E-state index contributed by atoms with van der Waals surface area (Å²) < 4.78 is 6.93. The maximum atomic E-state index is 12.3. The Labute approximate surface area is 179 Å². The van der Waals surface area contributed by atoms with Gasteiger partial charge in [0.25, 0.3) is 0 Å². The molecule has 0 N–H and O–H groups in total. The predicted octanol–water partition coefficient (Wildman–Crippen LogP) is 7.39. The van der Waals surface area contributed by atoms with Crippen molar-refractivity contribution >= 4 is 28.6 Å². The molecule has 2 nitrogen and oxygen atoms in total. The third-order valence-electron chi connectivity index (χ3n) is 6.85. The molecule has 0 aromatic heterocycles. The molecule has 1 aromatic rings. The van der Waals surface area contributed by atoms with Gasteiger partial charge in [-0.2, -0.15) is 0 Å². The minimum absolute atomic E-state index is 0.124. The van der Waals surface area contributed by atoms with Crippen molar-refractivity contribution in [2.45, 2.75) is 90.1 Å². The van der Waals surface area contributed by atoms with Crippen molar-refractivity contribution in [2.24, 2.45) is 17.8 Å². The molecule has 0 spiro atoms. The first-order valence-corrected chi connectivity index (χ1v) is 12.2. The van der Waals surface area contributed by atoms with Crippen molar-refractivity contribution in [3.05, 3.63) is 33.4 Å². The quantitative estimate of drug-likeness (QED) is 0.230. The highest BCUT2D eigenvalue weighted by Crippen LogP contribution is 2.41. The summed E-state index contributed by atoms with van der Waals surface area (Å²) in [5.74, 6) is 2.65. The molecule has 0 heterocycles. The molecule has 2 saturated carbocycles. The van der Waals surface area contributed by atoms with Gasteiger partial charge in [-0.25, -0.2) is 4.79 Å². The number of carbonyl (C=O) groups is 1. The molecule has 0 atom stereocenters. The van der Waals surface area contributed by atoms with Crippen LogP contribution in [0.4, 0.5) is 0 Å². The van der Waals surface area contributed by atoms with Gasteiger partial charge in [0, 0.05) is 3.57 Å². The Balaban J connectivity index is 1.37. The van der Waals surface area contributed by atoms with Crippen molar-refractivity contribution in [1.29, 1.82) is 0 Å². The number of benzene rings is 1. The van der Waals surface area contributed by atoms with Crippen LogP contribution in [0.1, 0.15) is 94.3 Å². The summed E-state index contributed by atoms with van der Waals surface area (Å²) in [6, 6.07) is 7.67. The molecule has 2 aliphatic carbocycles. The van der Waals surface area contributed by atoms with E-state index in [-0.39, 0.29) is 12.1 Å². The number of esters is 1. The maximum absolute atomic E-state index is 12.3. The molecule has 1 aromatic carbocycles. The summed E-state index contributed by atoms with van der Waals surface area (Å²) in [6.07, 6.45) is 16.1. The average molecular weight is 482 g/mol. The molecule has 3 heteroatoms. The van der Waals surface area contributed by atoms with Gasteiger partial charge in [-0.3, -0.25) is 0 Å². The van der Waals surface area contributed by atoms with Crippen LogP contribution < -0.4 is 0 Å². The lowest BCUT2D eigenvalue weighted by Gasteiger charge is -2.37. The van der Waals surface area contributed by atoms with E-state index < -0.39 is 0 Å². The summed E-state index contributed by atoms with van der Waals surface area (Å²) in [6.45, 7) is 2.30. The monoisotopic (exact) mass is 482 g/mol. The minimum Gasteiger partial charge on any atom is -0.459 e. The van der Waals surface area contributed by atoms with E-state index in [0.717, 1.165) is 34.2 Å². The summed E-state index contributed by atoms with van der Waals surface area (Å²) in [4.78, 5) is 12.3. The van der Waals surface area contributed by atoms with Crippen molar-refractivity contribution in [1.82, 2.24) is 0 Å². The van der Waals surface area contributed by atoms with Crippen LogP contribution in [0.15, 0.2) is 24.3 Å². The van der Waals surface area contributed by atoms with Crippen LogP contribution in [-0.4, -0.2) is 12.1 Å². The molecule has 0 amide bonds. The second-order valence-electron chi connectivity index (χ2n) is 8.73. The van der Waals surface area contributed by atoms with E-state index in [1.807, 2.05) is 24.3 Å². The van der Waals surface area contributed by atoms with Crippen molar-refractivity contribution in [3.8, 4) is 0 Å². The number of ether oxygens (including phenoxy) is 1. The van der Waals surface area contributed by atoms with Crippen LogP contribution >= 0.6 is 22.6 Å². The lowest BCUT2D eigenvalue weighted by Crippen LogP contribution is -2.29. The number of hydrogen-bond acceptors (Lipinski definition) is 2. The number of unbranched alkanes of at least 4 members (excludes halogenated alkanes) is 2. The zero-order valence-electron chi connectivity index (χ0n) is 16.8. The average Bonchev–Trinajstić information content (AvgIpc) is 2.70. The fourth-order valence-electron chi connectivity index (χ4n) is 5.11. The second-order valence-corrected chi connectivity index (χ2v) is 9.97. The Morgan fingerprint density at radius 3 is 2.11 bits per heavy atom. The van der Waals surface area contributed by atoms with Crippen molar-refractivity contribution < 1.29 is 9.53 Å². The number of hydrogen-bond donors (Lipinski definition) is 0. The van der Waals surface area contributed by atoms with E-state index in [9.17, 15) is 4.79 Å². The fourth-order valence-corrected chi connectivity index (χ4v) is 5.47. The van der Waals surface area contributed by atoms with Gasteiger partial charge in [-0.05, 0) is 103 Å². The van der Waals surface area contributed by atoms with Gasteiger partial charge in [0.1, 0.15) is 6.10 Å². The number of rotatable bonds is 7. The van der Waals surface area contributed by atoms with E-state index in [2.05, 4.69) is 29.5 Å². The van der Waals surface area contributed by atoms with Crippen molar-refractivity contribution in [3.63, 3.8) is 0 Å². The van der Waals surface area contributed by atoms with E-state index in [1.54, 1.807) is 0 Å². The van der Waals surface area contributed by atoms with Gasteiger partial charge in [0.15, 0.2) is 0 Å². The molecule has 27 heavy (non-hydrogen) atoms. The second kappa shape index (κ2) is 10.8. The first-order valence-electron chi connectivity index (χ1n) is 11.1. The third kappa shape index (κ3) is 6.47. The standard InChI is InChI=1S/C24H35IO2/c1-2-3-4-5-18-6-8-19(9-7-18)20-12-16-23(17-13-20)27-24(26)21-10-14-22(25)15-11-21/h10-11,14-15,18-20,23H,2-9,12-13,16-17H2,1H3. The van der Waals surface area contributed by atoms with E-state index in [4.69, 9.17) is 4.74 Å². The highest BCUT2D eigenvalue weighted by molar-refractivity contribution is 14.1. The van der Waals surface area contributed by atoms with Crippen LogP contribution in [0.3, 0.4) is 0 Å². The van der Waals surface area contributed by atoms with Gasteiger partial charge < -0.3 is 4.74 Å². The molecule has 3 rings (SSSR count). The van der Waals surface area contributed by atoms with Gasteiger partial charge in [-0.15, -0.1) is 0 Å². The summed E-state index contributed by atoms with van der Waals surface area (Å²) in [7, 11) is 0. The SMILES string of the molecule is CCCCCC1CCC(C2CCC(OC(=O)c3ccc(I)cc3)CC2)CC1. The molecule has 0 saturated heterocycles. The predicted molar refractivity (Wildman–Crippen MR) is 120 cm³/mol. The zero-order chi connectivity index (χ0) is 19.1. The molecule has 150 valence electrons. The summed E-state index contributed by atoms with van der Waals surface area (Å²) >= 11 is 2.26. The lowest BCUT2D eigenvalue weighted by atomic mass is 9.70. The molecular formula is C24H35IO2. The Bertz CT molecular complexity index is 567. The van der Waals surface area contributed by atoms with Crippen LogP contribution in [-0.2, 0) is 4.74 Å². The molecular weight excluding hydrogens is 447 g/mol. The first-order chi connectivity index (χ1) is 13.2. The van der Waals surface area contributed by atoms with Gasteiger partial charge >= 0.3 is 5.97 Å². The largest absolute Gasteiger partial charge is 0.459 e. The van der Waals surface area contributed by atoms with Crippen LogP contribution in [0.25, 0.3) is 0 Å². The number of halogens is 1. The Kier molecular flexibility index (Phi) is 8.47. The van der Waals surface area contributed by atoms with Crippen molar-refractivity contribution in [2.75, 3.05) is 0 Å². The molecule has 2 fully saturated rings. The molecule has 0 unspecified atom stereocenters. The van der Waals surface area contributed by atoms with E-state index in [0.29, 0.717) is 5.56 Å². The highest BCUT2D eigenvalue weighted by Gasteiger charge is 2.31. The summed E-state index contributed by atoms with van der Waals surface area (Å²) in [5, 5.41) is 0. The molecule has 2 aliphatic rings. The van der Waals surface area contributed by atoms with Crippen LogP contribution in [0.5, 0.6) is 0 Å². The van der Waals surface area contributed by atoms with Gasteiger partial charge in [0.05, 0.1) is 5.56 Å². The minimum atomic E-state index is -0.151. The van der Waals surface area contributed by atoms with Gasteiger partial charge in [-0.1, -0.05) is 45.4 Å². The van der Waals surface area contributed by atoms with E-state index in [1.165, 1.54) is 64.2 Å². The molecule has 0 aliphatic heterocycles. The Morgan fingerprint density at radius 2 is 1.52 bits per heavy atom. The van der Waals surface area contributed by atoms with E-state index >= 15 is 0 Å². The highest BCUT2D eigenvalue weighted by atomic mass is 127. The van der Waals surface area contributed by atoms with Crippen LogP contribution in [0.2, 0.25) is 0 Å². The Hall–Kier alpha value is -0.580. The lowest BCUT2D eigenvalue weighted by molar-refractivity contribution is 0.0109. The summed E-state index contributed by atoms with van der Waals surface area (Å²) in [5.41, 5.74) is 0.680. The Morgan fingerprint density at radius 1 is 0.926 bits per heavy atom. The number of carbonyl (C=O) groups excluding carboxylic acids is 1. The maximum Gasteiger partial charge on any atom is 0.338 e. The smallest absolute Gasteiger partial charge is 0.338 e. The van der Waals surface area contributed by atoms with Gasteiger partial charge in [0.2, 0.25) is 0 Å². The third-order valence-corrected chi connectivity index (χ3v) is 7.57.